The summed E-state index contributed by atoms with van der Waals surface area (Å²) >= 11 is 0. The van der Waals surface area contributed by atoms with Gasteiger partial charge in [0.05, 0.1) is 5.41 Å². The molecule has 1 aromatic rings. The fourth-order valence-corrected chi connectivity index (χ4v) is 4.04. The van der Waals surface area contributed by atoms with Crippen LogP contribution in [0.3, 0.4) is 0 Å². The standard InChI is InChI=1S/C20H28F3N3O2.ClH/c1-15-2-4-16(5-3-15)19(6-12-28-13-7-19)18(27)25-14-17(20(21,22)23)26-10-8-24-9-11-26;/h2-5,17,24H,6-14H2,1H3,(H,25,27);1H. The van der Waals surface area contributed by atoms with E-state index in [-0.39, 0.29) is 18.3 Å². The van der Waals surface area contributed by atoms with Crippen molar-refractivity contribution in [3.8, 4) is 0 Å². The van der Waals surface area contributed by atoms with Crippen molar-refractivity contribution in [1.29, 1.82) is 0 Å². The molecule has 164 valence electrons. The number of benzene rings is 1. The molecule has 0 saturated carbocycles. The van der Waals surface area contributed by atoms with Crippen molar-refractivity contribution in [1.82, 2.24) is 15.5 Å². The van der Waals surface area contributed by atoms with Crippen molar-refractivity contribution >= 4 is 18.3 Å². The Morgan fingerprint density at radius 2 is 1.79 bits per heavy atom. The minimum absolute atomic E-state index is 0. The number of hydrogen-bond donors (Lipinski definition) is 2. The molecular weight excluding hydrogens is 407 g/mol. The summed E-state index contributed by atoms with van der Waals surface area (Å²) in [5.41, 5.74) is 1.07. The average Bonchev–Trinajstić information content (AvgIpc) is 2.69. The summed E-state index contributed by atoms with van der Waals surface area (Å²) in [6.45, 7) is 4.03. The van der Waals surface area contributed by atoms with Crippen LogP contribution in [0.15, 0.2) is 24.3 Å². The quantitative estimate of drug-likeness (QED) is 0.746. The Hall–Kier alpha value is -1.35. The summed E-state index contributed by atoms with van der Waals surface area (Å²) < 4.78 is 46.3. The lowest BCUT2D eigenvalue weighted by molar-refractivity contribution is -0.184. The Labute approximate surface area is 175 Å². The van der Waals surface area contributed by atoms with Crippen LogP contribution in [0.2, 0.25) is 0 Å². The van der Waals surface area contributed by atoms with Crippen molar-refractivity contribution in [2.75, 3.05) is 45.9 Å². The smallest absolute Gasteiger partial charge is 0.381 e. The zero-order valence-electron chi connectivity index (χ0n) is 16.6. The topological polar surface area (TPSA) is 53.6 Å². The second-order valence-corrected chi connectivity index (χ2v) is 7.61. The van der Waals surface area contributed by atoms with Gasteiger partial charge in [-0.1, -0.05) is 29.8 Å². The molecule has 2 heterocycles. The predicted molar refractivity (Wildman–Crippen MR) is 107 cm³/mol. The van der Waals surface area contributed by atoms with Crippen molar-refractivity contribution in [2.24, 2.45) is 0 Å². The molecule has 2 aliphatic rings. The molecule has 0 aromatic heterocycles. The number of carbonyl (C=O) groups excluding carboxylic acids is 1. The lowest BCUT2D eigenvalue weighted by atomic mass is 9.73. The molecule has 9 heteroatoms. The molecule has 2 aliphatic heterocycles. The molecule has 0 spiro atoms. The summed E-state index contributed by atoms with van der Waals surface area (Å²) in [5.74, 6) is -0.343. The maximum Gasteiger partial charge on any atom is 0.405 e. The monoisotopic (exact) mass is 435 g/mol. The SMILES string of the molecule is Cc1ccc(C2(C(=O)NCC(N3CCNCC3)C(F)(F)F)CCOCC2)cc1.Cl. The molecule has 5 nitrogen and oxygen atoms in total. The Kier molecular flexibility index (Phi) is 8.34. The molecule has 2 saturated heterocycles. The number of nitrogens with zero attached hydrogens (tertiary/aromatic N) is 1. The van der Waals surface area contributed by atoms with Gasteiger partial charge in [0.1, 0.15) is 6.04 Å². The molecule has 2 fully saturated rings. The highest BCUT2D eigenvalue weighted by atomic mass is 35.5. The zero-order valence-corrected chi connectivity index (χ0v) is 17.4. The van der Waals surface area contributed by atoms with Gasteiger partial charge < -0.3 is 15.4 Å². The second kappa shape index (κ2) is 10.1. The molecule has 1 aromatic carbocycles. The number of carbonyl (C=O) groups is 1. The molecule has 1 unspecified atom stereocenters. The van der Waals surface area contributed by atoms with E-state index in [0.29, 0.717) is 52.2 Å². The fraction of sp³-hybridized carbons (Fsp3) is 0.650. The number of halogens is 4. The van der Waals surface area contributed by atoms with Crippen molar-refractivity contribution < 1.29 is 22.7 Å². The Morgan fingerprint density at radius 1 is 1.21 bits per heavy atom. The molecule has 0 aliphatic carbocycles. The van der Waals surface area contributed by atoms with Crippen LogP contribution in [0.5, 0.6) is 0 Å². The highest BCUT2D eigenvalue weighted by Crippen LogP contribution is 2.35. The van der Waals surface area contributed by atoms with Crippen molar-refractivity contribution in [3.63, 3.8) is 0 Å². The number of hydrogen-bond acceptors (Lipinski definition) is 4. The van der Waals surface area contributed by atoms with E-state index in [1.807, 2.05) is 31.2 Å². The third-order valence-corrected chi connectivity index (χ3v) is 5.81. The van der Waals surface area contributed by atoms with Crippen LogP contribution in [0, 0.1) is 6.92 Å². The van der Waals surface area contributed by atoms with Crippen LogP contribution in [-0.2, 0) is 14.9 Å². The summed E-state index contributed by atoms with van der Waals surface area (Å²) in [7, 11) is 0. The fourth-order valence-electron chi connectivity index (χ4n) is 4.04. The van der Waals surface area contributed by atoms with E-state index in [0.717, 1.165) is 11.1 Å². The molecule has 1 atom stereocenters. The summed E-state index contributed by atoms with van der Waals surface area (Å²) in [6.07, 6.45) is -3.46. The van der Waals surface area contributed by atoms with Gasteiger partial charge in [0.2, 0.25) is 5.91 Å². The molecule has 0 radical (unpaired) electrons. The van der Waals surface area contributed by atoms with E-state index in [4.69, 9.17) is 4.74 Å². The maximum atomic E-state index is 13.6. The lowest BCUT2D eigenvalue weighted by Crippen LogP contribution is -2.59. The predicted octanol–water partition coefficient (Wildman–Crippen LogP) is 2.42. The van der Waals surface area contributed by atoms with E-state index in [9.17, 15) is 18.0 Å². The van der Waals surface area contributed by atoms with Gasteiger partial charge in [-0.3, -0.25) is 9.69 Å². The van der Waals surface area contributed by atoms with Gasteiger partial charge in [-0.05, 0) is 25.3 Å². The first kappa shape index (κ1) is 23.9. The highest BCUT2D eigenvalue weighted by molar-refractivity contribution is 5.88. The van der Waals surface area contributed by atoms with Gasteiger partial charge in [0.15, 0.2) is 0 Å². The van der Waals surface area contributed by atoms with Crippen LogP contribution in [0.4, 0.5) is 13.2 Å². The van der Waals surface area contributed by atoms with Crippen molar-refractivity contribution in [3.05, 3.63) is 35.4 Å². The normalized spacial score (nSPS) is 21.1. The largest absolute Gasteiger partial charge is 0.405 e. The van der Waals surface area contributed by atoms with Gasteiger partial charge >= 0.3 is 6.18 Å². The number of ether oxygens (including phenoxy) is 1. The number of nitrogens with one attached hydrogen (secondary N) is 2. The van der Waals surface area contributed by atoms with Gasteiger partial charge in [0, 0.05) is 45.9 Å². The number of rotatable bonds is 5. The maximum absolute atomic E-state index is 13.6. The Morgan fingerprint density at radius 3 is 2.34 bits per heavy atom. The van der Waals surface area contributed by atoms with E-state index >= 15 is 0 Å². The number of amides is 1. The van der Waals surface area contributed by atoms with E-state index in [1.165, 1.54) is 4.90 Å². The molecule has 0 bridgehead atoms. The second-order valence-electron chi connectivity index (χ2n) is 7.61. The van der Waals surface area contributed by atoms with Crippen molar-refractivity contribution in [2.45, 2.75) is 37.4 Å². The average molecular weight is 436 g/mol. The summed E-state index contributed by atoms with van der Waals surface area (Å²) in [4.78, 5) is 14.6. The van der Waals surface area contributed by atoms with Gasteiger partial charge in [-0.2, -0.15) is 13.2 Å². The first-order valence-electron chi connectivity index (χ1n) is 9.78. The molecule has 3 rings (SSSR count). The van der Waals surface area contributed by atoms with Gasteiger partial charge in [-0.25, -0.2) is 0 Å². The zero-order chi connectivity index (χ0) is 20.2. The first-order chi connectivity index (χ1) is 13.3. The van der Waals surface area contributed by atoms with E-state index in [1.54, 1.807) is 0 Å². The van der Waals surface area contributed by atoms with Gasteiger partial charge in [0.25, 0.3) is 0 Å². The summed E-state index contributed by atoms with van der Waals surface area (Å²) in [6, 6.07) is 5.99. The minimum Gasteiger partial charge on any atom is -0.381 e. The van der Waals surface area contributed by atoms with E-state index in [2.05, 4.69) is 10.6 Å². The Bertz CT molecular complexity index is 658. The van der Waals surface area contributed by atoms with Crippen LogP contribution >= 0.6 is 12.4 Å². The molecule has 2 N–H and O–H groups in total. The minimum atomic E-state index is -4.39. The molecular formula is C20H29ClF3N3O2. The third kappa shape index (κ3) is 5.63. The van der Waals surface area contributed by atoms with Crippen LogP contribution in [-0.4, -0.2) is 69.0 Å². The molecule has 1 amide bonds. The first-order valence-corrected chi connectivity index (χ1v) is 9.78. The van der Waals surface area contributed by atoms with E-state index < -0.39 is 24.2 Å². The third-order valence-electron chi connectivity index (χ3n) is 5.81. The number of piperazine rings is 1. The lowest BCUT2D eigenvalue weighted by Gasteiger charge is -2.39. The van der Waals surface area contributed by atoms with Crippen LogP contribution in [0.25, 0.3) is 0 Å². The molecule has 29 heavy (non-hydrogen) atoms. The van der Waals surface area contributed by atoms with Crippen LogP contribution < -0.4 is 10.6 Å². The Balaban J connectivity index is 0.00000300. The summed E-state index contributed by atoms with van der Waals surface area (Å²) in [5, 5.41) is 5.69. The highest BCUT2D eigenvalue weighted by Gasteiger charge is 2.46. The number of aryl methyl sites for hydroxylation is 1. The van der Waals surface area contributed by atoms with Crippen LogP contribution in [0.1, 0.15) is 24.0 Å². The van der Waals surface area contributed by atoms with Gasteiger partial charge in [-0.15, -0.1) is 12.4 Å². The number of alkyl halides is 3.